The number of fused-ring (bicyclic) bond motifs is 3. The normalized spacial score (nSPS) is 25.3. The first-order valence-corrected chi connectivity index (χ1v) is 14.2. The summed E-state index contributed by atoms with van der Waals surface area (Å²) in [7, 11) is 0. The molecule has 0 radical (unpaired) electrons. The van der Waals surface area contributed by atoms with Crippen molar-refractivity contribution in [3.63, 3.8) is 0 Å². The van der Waals surface area contributed by atoms with Crippen LogP contribution in [0.2, 0.25) is 0 Å². The molecule has 0 bridgehead atoms. The Morgan fingerprint density at radius 3 is 2.73 bits per heavy atom. The minimum Gasteiger partial charge on any atom is -0.375 e. The Balaban J connectivity index is 1.81. The third kappa shape index (κ3) is 6.96. The predicted octanol–water partition coefficient (Wildman–Crippen LogP) is 6.89. The molecule has 0 unspecified atom stereocenters. The first-order valence-electron chi connectivity index (χ1n) is 13.1. The lowest BCUT2D eigenvalue weighted by atomic mass is 9.69. The van der Waals surface area contributed by atoms with E-state index in [0.717, 1.165) is 58.4 Å². The van der Waals surface area contributed by atoms with Gasteiger partial charge >= 0.3 is 0 Å². The number of piperidine rings is 1. The van der Waals surface area contributed by atoms with Gasteiger partial charge in [0.2, 0.25) is 0 Å². The minimum absolute atomic E-state index is 0.0930. The van der Waals surface area contributed by atoms with E-state index in [4.69, 9.17) is 9.47 Å². The van der Waals surface area contributed by atoms with Crippen LogP contribution in [0.5, 0.6) is 0 Å². The average Bonchev–Trinajstić information content (AvgIpc) is 2.78. The molecule has 0 aliphatic carbocycles. The second-order valence-electron chi connectivity index (χ2n) is 10.6. The zero-order valence-electron chi connectivity index (χ0n) is 21.6. The number of thioether (sulfide) groups is 1. The van der Waals surface area contributed by atoms with E-state index in [1.54, 1.807) is 5.56 Å². The molecule has 1 fully saturated rings. The molecular weight excluding hydrogens is 432 g/mol. The summed E-state index contributed by atoms with van der Waals surface area (Å²) in [6, 6.07) is 5.34. The van der Waals surface area contributed by atoms with Gasteiger partial charge in [-0.15, -0.1) is 11.8 Å². The third-order valence-corrected chi connectivity index (χ3v) is 8.36. The van der Waals surface area contributed by atoms with Crippen molar-refractivity contribution in [1.82, 2.24) is 4.90 Å². The van der Waals surface area contributed by atoms with Gasteiger partial charge < -0.3 is 9.47 Å². The van der Waals surface area contributed by atoms with Crippen LogP contribution in [0.25, 0.3) is 0 Å². The Morgan fingerprint density at radius 2 is 2.00 bits per heavy atom. The molecule has 1 saturated heterocycles. The molecule has 0 N–H and O–H groups in total. The van der Waals surface area contributed by atoms with Gasteiger partial charge in [-0.1, -0.05) is 32.9 Å². The summed E-state index contributed by atoms with van der Waals surface area (Å²) in [5.41, 5.74) is 5.80. The highest BCUT2D eigenvalue weighted by atomic mass is 32.2. The smallest absolute Gasteiger partial charge is 0.0985 e. The van der Waals surface area contributed by atoms with Gasteiger partial charge in [-0.2, -0.15) is 0 Å². The van der Waals surface area contributed by atoms with Gasteiger partial charge in [0.05, 0.1) is 18.2 Å². The molecule has 2 aliphatic heterocycles. The maximum atomic E-state index is 12.3. The van der Waals surface area contributed by atoms with Crippen molar-refractivity contribution >= 4 is 11.8 Å². The van der Waals surface area contributed by atoms with Crippen molar-refractivity contribution in [3.8, 4) is 0 Å². The number of benzene rings is 1. The number of hydrogen-bond donors (Lipinski definition) is 0. The van der Waals surface area contributed by atoms with Gasteiger partial charge in [-0.3, -0.25) is 9.29 Å². The van der Waals surface area contributed by atoms with Crippen LogP contribution in [0.1, 0.15) is 81.2 Å². The summed E-state index contributed by atoms with van der Waals surface area (Å²) in [6.45, 7) is 15.0. The van der Waals surface area contributed by atoms with Crippen LogP contribution in [0.4, 0.5) is 4.39 Å². The van der Waals surface area contributed by atoms with E-state index in [-0.39, 0.29) is 12.3 Å². The van der Waals surface area contributed by atoms with Crippen molar-refractivity contribution in [2.75, 3.05) is 44.7 Å². The van der Waals surface area contributed by atoms with Crippen LogP contribution >= 0.6 is 11.8 Å². The number of hydrogen-bond acceptors (Lipinski definition) is 4. The number of aryl methyl sites for hydroxylation is 2. The lowest BCUT2D eigenvalue weighted by Gasteiger charge is -2.54. The second kappa shape index (κ2) is 12.9. The SMILES string of the molecule is CCCO[C@@]1(CCCOCSCC[18F])C[C@H]2c3cc(C)c(C)cc3CCN2C[C@@H]1CC(C)C. The molecule has 2 aliphatic rings. The summed E-state index contributed by atoms with van der Waals surface area (Å²) in [5, 5.41) is 0. The molecule has 33 heavy (non-hydrogen) atoms. The molecule has 0 spiro atoms. The highest BCUT2D eigenvalue weighted by molar-refractivity contribution is 7.99. The molecule has 3 atom stereocenters. The van der Waals surface area contributed by atoms with E-state index in [9.17, 15) is 4.39 Å². The van der Waals surface area contributed by atoms with E-state index in [0.29, 0.717) is 29.6 Å². The number of rotatable bonds is 13. The molecule has 188 valence electrons. The molecule has 2 heterocycles. The average molecular weight is 479 g/mol. The Bertz CT molecular complexity index is 743. The molecular formula is C28H46FNO2S. The van der Waals surface area contributed by atoms with Gasteiger partial charge in [0.1, 0.15) is 0 Å². The number of alkyl halides is 1. The number of nitrogens with zero attached hydrogens (tertiary/aromatic N) is 1. The van der Waals surface area contributed by atoms with E-state index in [2.05, 4.69) is 51.7 Å². The Hall–Kier alpha value is -0.620. The van der Waals surface area contributed by atoms with Crippen LogP contribution in [0.3, 0.4) is 0 Å². The third-order valence-electron chi connectivity index (χ3n) is 7.59. The Kier molecular flexibility index (Phi) is 10.5. The number of ether oxygens (including phenoxy) is 2. The molecule has 0 saturated carbocycles. The first kappa shape index (κ1) is 27.0. The summed E-state index contributed by atoms with van der Waals surface area (Å²) in [5.74, 6) is 2.32. The van der Waals surface area contributed by atoms with Crippen LogP contribution in [0, 0.1) is 25.7 Å². The maximum Gasteiger partial charge on any atom is 0.0985 e. The second-order valence-corrected chi connectivity index (χ2v) is 11.6. The van der Waals surface area contributed by atoms with Crippen molar-refractivity contribution in [2.45, 2.75) is 84.8 Å². The molecule has 3 nitrogen and oxygen atoms in total. The summed E-state index contributed by atoms with van der Waals surface area (Å²) >= 11 is 1.54. The monoisotopic (exact) mass is 478 g/mol. The molecule has 3 rings (SSSR count). The molecule has 0 aromatic heterocycles. The van der Waals surface area contributed by atoms with Crippen LogP contribution in [0.15, 0.2) is 12.1 Å². The molecule has 0 amide bonds. The van der Waals surface area contributed by atoms with Crippen molar-refractivity contribution < 1.29 is 13.9 Å². The van der Waals surface area contributed by atoms with Gasteiger partial charge in [0.15, 0.2) is 0 Å². The Labute approximate surface area is 206 Å². The lowest BCUT2D eigenvalue weighted by molar-refractivity contribution is -0.152. The highest BCUT2D eigenvalue weighted by Gasteiger charge is 2.49. The molecule has 5 heteroatoms. The topological polar surface area (TPSA) is 21.7 Å². The Morgan fingerprint density at radius 1 is 1.21 bits per heavy atom. The largest absolute Gasteiger partial charge is 0.375 e. The zero-order valence-corrected chi connectivity index (χ0v) is 22.4. The van der Waals surface area contributed by atoms with Crippen LogP contribution in [-0.2, 0) is 15.9 Å². The lowest BCUT2D eigenvalue weighted by Crippen LogP contribution is -2.56. The van der Waals surface area contributed by atoms with Gasteiger partial charge in [0, 0.05) is 44.0 Å². The van der Waals surface area contributed by atoms with Gasteiger partial charge in [-0.05, 0) is 80.5 Å². The van der Waals surface area contributed by atoms with E-state index >= 15 is 0 Å². The van der Waals surface area contributed by atoms with E-state index in [1.807, 2.05) is 0 Å². The fourth-order valence-electron chi connectivity index (χ4n) is 5.87. The highest BCUT2D eigenvalue weighted by Crippen LogP contribution is 2.49. The van der Waals surface area contributed by atoms with Crippen molar-refractivity contribution in [3.05, 3.63) is 34.4 Å². The first-order chi connectivity index (χ1) is 15.9. The summed E-state index contributed by atoms with van der Waals surface area (Å²) in [4.78, 5) is 2.75. The van der Waals surface area contributed by atoms with Crippen molar-refractivity contribution in [2.24, 2.45) is 11.8 Å². The van der Waals surface area contributed by atoms with Crippen molar-refractivity contribution in [1.29, 1.82) is 0 Å². The fraction of sp³-hybridized carbons (Fsp3) is 0.786. The standard InChI is InChI=1S/C28H46FNO2S/c1-6-12-32-28(9-7-13-31-20-33-14-10-29)18-27-26-17-23(5)22(4)16-24(26)8-11-30(27)19-25(28)15-21(2)3/h16-17,21,25,27H,6-15,18-20H2,1-5H3/t25-,27-,28-/m0/s1/i29-1. The van der Waals surface area contributed by atoms with E-state index in [1.165, 1.54) is 34.9 Å². The number of halogens is 1. The molecule has 1 aromatic rings. The quantitative estimate of drug-likeness (QED) is 0.227. The minimum atomic E-state index is -0.281. The summed E-state index contributed by atoms with van der Waals surface area (Å²) in [6.07, 6.45) is 6.55. The van der Waals surface area contributed by atoms with Gasteiger partial charge in [0.25, 0.3) is 0 Å². The van der Waals surface area contributed by atoms with Crippen LogP contribution < -0.4 is 0 Å². The maximum absolute atomic E-state index is 12.3. The van der Waals surface area contributed by atoms with Crippen LogP contribution in [-0.4, -0.2) is 55.2 Å². The summed E-state index contributed by atoms with van der Waals surface area (Å²) < 4.78 is 25.0. The fourth-order valence-corrected chi connectivity index (χ4v) is 6.33. The van der Waals surface area contributed by atoms with E-state index < -0.39 is 0 Å². The molecule has 1 aromatic carbocycles. The zero-order chi connectivity index (χ0) is 23.8. The van der Waals surface area contributed by atoms with Gasteiger partial charge in [-0.25, -0.2) is 0 Å². The predicted molar refractivity (Wildman–Crippen MR) is 139 cm³/mol.